The lowest BCUT2D eigenvalue weighted by Gasteiger charge is -2.14. The Labute approximate surface area is 93.2 Å². The molecule has 0 unspecified atom stereocenters. The Balaban J connectivity index is 2.81. The summed E-state index contributed by atoms with van der Waals surface area (Å²) in [4.78, 5) is 16.3. The molecule has 0 spiro atoms. The van der Waals surface area contributed by atoms with Gasteiger partial charge in [0.15, 0.2) is 5.65 Å². The fourth-order valence-electron chi connectivity index (χ4n) is 1.86. The van der Waals surface area contributed by atoms with Crippen LogP contribution in [0.25, 0.3) is 11.0 Å². The van der Waals surface area contributed by atoms with Crippen molar-refractivity contribution in [2.75, 3.05) is 7.11 Å². The van der Waals surface area contributed by atoms with Crippen LogP contribution in [0.1, 0.15) is 19.9 Å². The summed E-state index contributed by atoms with van der Waals surface area (Å²) in [6, 6.07) is 3.72. The predicted molar refractivity (Wildman–Crippen MR) is 61.4 cm³/mol. The first kappa shape index (κ1) is 10.9. The molecule has 2 rings (SSSR count). The summed E-state index contributed by atoms with van der Waals surface area (Å²) in [6.07, 6.45) is 1.69. The Hall–Kier alpha value is -1.62. The van der Waals surface area contributed by atoms with E-state index in [1.165, 1.54) is 0 Å². The molecule has 0 N–H and O–H groups in total. The summed E-state index contributed by atoms with van der Waals surface area (Å²) >= 11 is 0. The van der Waals surface area contributed by atoms with E-state index in [0.717, 1.165) is 0 Å². The predicted octanol–water partition coefficient (Wildman–Crippen LogP) is 1.38. The highest BCUT2D eigenvalue weighted by Crippen LogP contribution is 2.13. The van der Waals surface area contributed by atoms with E-state index in [-0.39, 0.29) is 18.3 Å². The van der Waals surface area contributed by atoms with E-state index in [1.807, 2.05) is 18.5 Å². The van der Waals surface area contributed by atoms with Crippen LogP contribution in [0.4, 0.5) is 0 Å². The van der Waals surface area contributed by atoms with Gasteiger partial charge in [-0.25, -0.2) is 9.67 Å². The lowest BCUT2D eigenvalue weighted by Crippen LogP contribution is -2.25. The molecule has 0 aliphatic carbocycles. The van der Waals surface area contributed by atoms with Gasteiger partial charge in [-0.3, -0.25) is 9.48 Å². The van der Waals surface area contributed by atoms with Gasteiger partial charge in [-0.2, -0.15) is 0 Å². The lowest BCUT2D eigenvalue weighted by atomic mass is 10.3. The minimum absolute atomic E-state index is 0.0568. The van der Waals surface area contributed by atoms with Crippen LogP contribution in [-0.4, -0.2) is 21.5 Å². The molecule has 2 heterocycles. The highest BCUT2D eigenvalue weighted by Gasteiger charge is 2.15. The second-order valence-corrected chi connectivity index (χ2v) is 3.94. The second-order valence-electron chi connectivity index (χ2n) is 3.94. The van der Waals surface area contributed by atoms with Crippen LogP contribution >= 0.6 is 0 Å². The Kier molecular flexibility index (Phi) is 2.78. The van der Waals surface area contributed by atoms with E-state index in [4.69, 9.17) is 4.74 Å². The molecule has 2 aromatic rings. The second kappa shape index (κ2) is 4.09. The molecular formula is C11H15N3O2. The Morgan fingerprint density at radius 2 is 2.25 bits per heavy atom. The third-order valence-electron chi connectivity index (χ3n) is 2.47. The van der Waals surface area contributed by atoms with Gasteiger partial charge in [0.25, 0.3) is 5.56 Å². The summed E-state index contributed by atoms with van der Waals surface area (Å²) in [5, 5.41) is 0.633. The van der Waals surface area contributed by atoms with Gasteiger partial charge in [0.2, 0.25) is 0 Å². The van der Waals surface area contributed by atoms with E-state index < -0.39 is 0 Å². The zero-order valence-corrected chi connectivity index (χ0v) is 9.67. The van der Waals surface area contributed by atoms with Crippen LogP contribution in [0.5, 0.6) is 0 Å². The quantitative estimate of drug-likeness (QED) is 0.786. The first-order valence-electron chi connectivity index (χ1n) is 5.21. The smallest absolute Gasteiger partial charge is 0.278 e. The van der Waals surface area contributed by atoms with Crippen LogP contribution in [0.3, 0.4) is 0 Å². The SMILES string of the molecule is COCn1c(=O)c2cccnc2n1C(C)C. The van der Waals surface area contributed by atoms with E-state index in [2.05, 4.69) is 4.98 Å². The number of methoxy groups -OCH3 is 1. The maximum absolute atomic E-state index is 12.1. The first-order valence-corrected chi connectivity index (χ1v) is 5.21. The van der Waals surface area contributed by atoms with Gasteiger partial charge < -0.3 is 4.74 Å². The number of fused-ring (bicyclic) bond motifs is 1. The van der Waals surface area contributed by atoms with Gasteiger partial charge >= 0.3 is 0 Å². The molecule has 2 aromatic heterocycles. The molecule has 86 valence electrons. The molecule has 0 aromatic carbocycles. The molecule has 0 aliphatic rings. The van der Waals surface area contributed by atoms with Crippen molar-refractivity contribution in [3.8, 4) is 0 Å². The number of hydrogen-bond donors (Lipinski definition) is 0. The number of aromatic nitrogens is 3. The standard InChI is InChI=1S/C11H15N3O2/c1-8(2)14-10-9(5-4-6-12-10)11(15)13(14)7-16-3/h4-6,8H,7H2,1-3H3. The Morgan fingerprint density at radius 3 is 2.88 bits per heavy atom. The molecule has 0 radical (unpaired) electrons. The number of pyridine rings is 1. The summed E-state index contributed by atoms with van der Waals surface area (Å²) in [5.41, 5.74) is 0.651. The molecule has 0 atom stereocenters. The number of ether oxygens (including phenoxy) is 1. The largest absolute Gasteiger partial charge is 0.362 e. The van der Waals surface area contributed by atoms with Crippen molar-refractivity contribution in [1.29, 1.82) is 0 Å². The molecule has 0 saturated heterocycles. The lowest BCUT2D eigenvalue weighted by molar-refractivity contribution is 0.103. The molecule has 16 heavy (non-hydrogen) atoms. The molecule has 5 heteroatoms. The average molecular weight is 221 g/mol. The van der Waals surface area contributed by atoms with Crippen molar-refractivity contribution in [1.82, 2.24) is 14.3 Å². The molecule has 0 aliphatic heterocycles. The average Bonchev–Trinajstić information content (AvgIpc) is 2.54. The zero-order chi connectivity index (χ0) is 11.7. The number of rotatable bonds is 3. The van der Waals surface area contributed by atoms with Crippen LogP contribution < -0.4 is 5.56 Å². The van der Waals surface area contributed by atoms with Crippen molar-refractivity contribution in [3.63, 3.8) is 0 Å². The molecular weight excluding hydrogens is 206 g/mol. The van der Waals surface area contributed by atoms with E-state index in [9.17, 15) is 4.79 Å². The molecule has 0 saturated carbocycles. The van der Waals surface area contributed by atoms with Crippen molar-refractivity contribution in [3.05, 3.63) is 28.7 Å². The van der Waals surface area contributed by atoms with E-state index >= 15 is 0 Å². The molecule has 0 amide bonds. The summed E-state index contributed by atoms with van der Waals surface area (Å²) < 4.78 is 8.48. The van der Waals surface area contributed by atoms with Crippen molar-refractivity contribution >= 4 is 11.0 Å². The Bertz CT molecular complexity index is 554. The van der Waals surface area contributed by atoms with Crippen molar-refractivity contribution in [2.45, 2.75) is 26.6 Å². The number of nitrogens with zero attached hydrogens (tertiary/aromatic N) is 3. The molecule has 0 fully saturated rings. The first-order chi connectivity index (χ1) is 7.66. The topological polar surface area (TPSA) is 49.1 Å². The monoisotopic (exact) mass is 221 g/mol. The van der Waals surface area contributed by atoms with Crippen LogP contribution in [0, 0.1) is 0 Å². The van der Waals surface area contributed by atoms with Gasteiger partial charge in [-0.1, -0.05) is 0 Å². The van der Waals surface area contributed by atoms with Crippen LogP contribution in [0.15, 0.2) is 23.1 Å². The Morgan fingerprint density at radius 1 is 1.50 bits per heavy atom. The summed E-state index contributed by atoms with van der Waals surface area (Å²) in [7, 11) is 1.57. The van der Waals surface area contributed by atoms with Gasteiger partial charge in [-0.05, 0) is 26.0 Å². The van der Waals surface area contributed by atoms with Gasteiger partial charge in [-0.15, -0.1) is 0 Å². The minimum Gasteiger partial charge on any atom is -0.362 e. The van der Waals surface area contributed by atoms with E-state index in [0.29, 0.717) is 11.0 Å². The van der Waals surface area contributed by atoms with Gasteiger partial charge in [0.05, 0.1) is 5.39 Å². The van der Waals surface area contributed by atoms with Crippen LogP contribution in [-0.2, 0) is 11.5 Å². The highest BCUT2D eigenvalue weighted by atomic mass is 16.5. The third kappa shape index (κ3) is 1.53. The van der Waals surface area contributed by atoms with Gasteiger partial charge in [0, 0.05) is 19.3 Å². The highest BCUT2D eigenvalue weighted by molar-refractivity contribution is 5.74. The fraction of sp³-hybridized carbons (Fsp3) is 0.455. The van der Waals surface area contributed by atoms with Gasteiger partial charge in [0.1, 0.15) is 6.73 Å². The third-order valence-corrected chi connectivity index (χ3v) is 2.47. The van der Waals surface area contributed by atoms with E-state index in [1.54, 1.807) is 30.1 Å². The summed E-state index contributed by atoms with van der Waals surface area (Å²) in [6.45, 7) is 4.27. The minimum atomic E-state index is -0.0568. The molecule has 0 bridgehead atoms. The maximum Gasteiger partial charge on any atom is 0.278 e. The normalized spacial score (nSPS) is 11.5. The molecule has 5 nitrogen and oxygen atoms in total. The zero-order valence-electron chi connectivity index (χ0n) is 9.67. The number of hydrogen-bond acceptors (Lipinski definition) is 3. The van der Waals surface area contributed by atoms with Crippen molar-refractivity contribution < 1.29 is 4.74 Å². The van der Waals surface area contributed by atoms with Crippen molar-refractivity contribution in [2.24, 2.45) is 0 Å². The summed E-state index contributed by atoms with van der Waals surface area (Å²) in [5.74, 6) is 0. The van der Waals surface area contributed by atoms with Crippen LogP contribution in [0.2, 0.25) is 0 Å². The maximum atomic E-state index is 12.1. The fourth-order valence-corrected chi connectivity index (χ4v) is 1.86.